The highest BCUT2D eigenvalue weighted by Gasteiger charge is 2.32. The second-order valence-corrected chi connectivity index (χ2v) is 5.51. The molecule has 106 valence electrons. The summed E-state index contributed by atoms with van der Waals surface area (Å²) in [5.41, 5.74) is 4.20. The van der Waals surface area contributed by atoms with Crippen LogP contribution in [0.5, 0.6) is 0 Å². The smallest absolute Gasteiger partial charge is 0.148 e. The first-order chi connectivity index (χ1) is 9.15. The van der Waals surface area contributed by atoms with E-state index in [0.717, 1.165) is 24.5 Å². The number of rotatable bonds is 4. The van der Waals surface area contributed by atoms with Crippen LogP contribution in [0.4, 0.5) is 11.6 Å². The van der Waals surface area contributed by atoms with Crippen molar-refractivity contribution in [3.05, 3.63) is 11.9 Å². The molecule has 0 aliphatic carbocycles. The lowest BCUT2D eigenvalue weighted by atomic mass is 9.74. The lowest BCUT2D eigenvalue weighted by Crippen LogP contribution is -2.40. The number of hydrazine groups is 1. The van der Waals surface area contributed by atoms with Gasteiger partial charge < -0.3 is 10.3 Å². The molecule has 5 heteroatoms. The third kappa shape index (κ3) is 2.66. The Morgan fingerprint density at radius 3 is 2.42 bits per heavy atom. The van der Waals surface area contributed by atoms with Gasteiger partial charge in [0.15, 0.2) is 0 Å². The van der Waals surface area contributed by atoms with Crippen LogP contribution < -0.4 is 16.2 Å². The molecule has 0 aromatic carbocycles. The first-order valence-electron chi connectivity index (χ1n) is 7.19. The van der Waals surface area contributed by atoms with Gasteiger partial charge in [-0.2, -0.15) is 0 Å². The van der Waals surface area contributed by atoms with E-state index in [9.17, 15) is 0 Å². The molecule has 0 unspecified atom stereocenters. The molecule has 1 aliphatic rings. The van der Waals surface area contributed by atoms with Crippen molar-refractivity contribution in [2.24, 2.45) is 11.3 Å². The molecule has 1 aliphatic heterocycles. The highest BCUT2D eigenvalue weighted by molar-refractivity contribution is 5.57. The summed E-state index contributed by atoms with van der Waals surface area (Å²) in [7, 11) is 0. The Labute approximate surface area is 115 Å². The van der Waals surface area contributed by atoms with Crippen molar-refractivity contribution in [2.75, 3.05) is 23.4 Å². The van der Waals surface area contributed by atoms with Gasteiger partial charge in [-0.3, -0.25) is 0 Å². The molecule has 19 heavy (non-hydrogen) atoms. The van der Waals surface area contributed by atoms with Crippen LogP contribution >= 0.6 is 0 Å². The molecule has 0 radical (unpaired) electrons. The molecule has 1 aromatic rings. The van der Waals surface area contributed by atoms with Crippen molar-refractivity contribution >= 4 is 11.6 Å². The van der Waals surface area contributed by atoms with E-state index >= 15 is 0 Å². The molecule has 1 fully saturated rings. The van der Waals surface area contributed by atoms with Crippen LogP contribution in [0.3, 0.4) is 0 Å². The largest absolute Gasteiger partial charge is 0.356 e. The summed E-state index contributed by atoms with van der Waals surface area (Å²) < 4.78 is 0. The third-order valence-electron chi connectivity index (χ3n) is 4.82. The first-order valence-corrected chi connectivity index (χ1v) is 7.19. The highest BCUT2D eigenvalue weighted by Crippen LogP contribution is 2.39. The van der Waals surface area contributed by atoms with Crippen LogP contribution in [0.1, 0.15) is 45.1 Å². The van der Waals surface area contributed by atoms with Crippen LogP contribution in [0.15, 0.2) is 6.33 Å². The fraction of sp³-hybridized carbons (Fsp3) is 0.714. The normalized spacial score (nSPS) is 18.4. The van der Waals surface area contributed by atoms with E-state index in [-0.39, 0.29) is 0 Å². The molecule has 1 aromatic heterocycles. The van der Waals surface area contributed by atoms with Crippen molar-refractivity contribution in [1.29, 1.82) is 0 Å². The maximum atomic E-state index is 5.48. The molecule has 1 saturated heterocycles. The number of piperidine rings is 1. The maximum absolute atomic E-state index is 5.48. The minimum absolute atomic E-state index is 0.534. The highest BCUT2D eigenvalue weighted by atomic mass is 15.3. The molecule has 0 bridgehead atoms. The van der Waals surface area contributed by atoms with Crippen molar-refractivity contribution in [2.45, 2.75) is 46.5 Å². The third-order valence-corrected chi connectivity index (χ3v) is 4.82. The standard InChI is InChI=1S/C14H25N5/c1-4-14(5-2)6-8-19(9-7-14)13-11(3)12(18-15)16-10-17-13/h10H,4-9,15H2,1-3H3,(H,16,17,18). The van der Waals surface area contributed by atoms with E-state index < -0.39 is 0 Å². The van der Waals surface area contributed by atoms with Gasteiger partial charge in [0.2, 0.25) is 0 Å². The van der Waals surface area contributed by atoms with Crippen LogP contribution in [0.25, 0.3) is 0 Å². The molecule has 3 N–H and O–H groups in total. The summed E-state index contributed by atoms with van der Waals surface area (Å²) in [6.45, 7) is 8.79. The predicted octanol–water partition coefficient (Wildman–Crippen LogP) is 2.48. The van der Waals surface area contributed by atoms with Gasteiger partial charge in [0, 0.05) is 18.7 Å². The number of nitrogens with two attached hydrogens (primary N) is 1. The number of nitrogens with one attached hydrogen (secondary N) is 1. The average Bonchev–Trinajstić information content (AvgIpc) is 2.48. The van der Waals surface area contributed by atoms with Crippen LogP contribution in [-0.2, 0) is 0 Å². The van der Waals surface area contributed by atoms with E-state index in [1.165, 1.54) is 25.7 Å². The number of nitrogen functional groups attached to an aromatic ring is 1. The van der Waals surface area contributed by atoms with Gasteiger partial charge in [0.05, 0.1) is 0 Å². The second kappa shape index (κ2) is 5.74. The second-order valence-electron chi connectivity index (χ2n) is 5.51. The molecular formula is C14H25N5. The van der Waals surface area contributed by atoms with Gasteiger partial charge in [-0.05, 0) is 25.2 Å². The molecule has 0 amide bonds. The predicted molar refractivity (Wildman–Crippen MR) is 79.0 cm³/mol. The number of nitrogens with zero attached hydrogens (tertiary/aromatic N) is 3. The summed E-state index contributed by atoms with van der Waals surface area (Å²) in [6, 6.07) is 0. The molecule has 0 saturated carbocycles. The molecule has 2 rings (SSSR count). The Morgan fingerprint density at radius 1 is 1.26 bits per heavy atom. The SMILES string of the molecule is CCC1(CC)CCN(c2ncnc(NN)c2C)CC1. The summed E-state index contributed by atoms with van der Waals surface area (Å²) in [5, 5.41) is 0. The van der Waals surface area contributed by atoms with Crippen molar-refractivity contribution in [3.8, 4) is 0 Å². The minimum atomic E-state index is 0.534. The zero-order chi connectivity index (χ0) is 13.9. The van der Waals surface area contributed by atoms with E-state index in [1.54, 1.807) is 6.33 Å². The molecule has 0 atom stereocenters. The minimum Gasteiger partial charge on any atom is -0.356 e. The number of hydrogen-bond acceptors (Lipinski definition) is 5. The molecule has 2 heterocycles. The lowest BCUT2D eigenvalue weighted by Gasteiger charge is -2.41. The fourth-order valence-corrected chi connectivity index (χ4v) is 3.06. The molecule has 5 nitrogen and oxygen atoms in total. The van der Waals surface area contributed by atoms with Crippen molar-refractivity contribution < 1.29 is 0 Å². The maximum Gasteiger partial charge on any atom is 0.148 e. The average molecular weight is 263 g/mol. The van der Waals surface area contributed by atoms with E-state index in [2.05, 4.69) is 34.1 Å². The quantitative estimate of drug-likeness (QED) is 0.645. The summed E-state index contributed by atoms with van der Waals surface area (Å²) in [5.74, 6) is 7.21. The van der Waals surface area contributed by atoms with Crippen molar-refractivity contribution in [3.63, 3.8) is 0 Å². The summed E-state index contributed by atoms with van der Waals surface area (Å²) >= 11 is 0. The summed E-state index contributed by atoms with van der Waals surface area (Å²) in [4.78, 5) is 10.9. The van der Waals surface area contributed by atoms with E-state index in [1.807, 2.05) is 6.92 Å². The van der Waals surface area contributed by atoms with Gasteiger partial charge in [0.25, 0.3) is 0 Å². The monoisotopic (exact) mass is 263 g/mol. The van der Waals surface area contributed by atoms with Crippen molar-refractivity contribution in [1.82, 2.24) is 9.97 Å². The van der Waals surface area contributed by atoms with Gasteiger partial charge in [-0.25, -0.2) is 15.8 Å². The Morgan fingerprint density at radius 2 is 1.89 bits per heavy atom. The first kappa shape index (κ1) is 14.1. The molecule has 0 spiro atoms. The topological polar surface area (TPSA) is 67.1 Å². The number of hydrogen-bond donors (Lipinski definition) is 2. The Kier molecular flexibility index (Phi) is 4.24. The molecular weight excluding hydrogens is 238 g/mol. The Hall–Kier alpha value is -1.36. The summed E-state index contributed by atoms with van der Waals surface area (Å²) in [6.07, 6.45) is 6.62. The van der Waals surface area contributed by atoms with E-state index in [4.69, 9.17) is 5.84 Å². The van der Waals surface area contributed by atoms with Crippen LogP contribution in [-0.4, -0.2) is 23.1 Å². The van der Waals surface area contributed by atoms with E-state index in [0.29, 0.717) is 11.2 Å². The lowest BCUT2D eigenvalue weighted by molar-refractivity contribution is 0.199. The Bertz CT molecular complexity index is 418. The number of aromatic nitrogens is 2. The Balaban J connectivity index is 2.14. The zero-order valence-electron chi connectivity index (χ0n) is 12.2. The van der Waals surface area contributed by atoms with Gasteiger partial charge >= 0.3 is 0 Å². The number of anilines is 2. The van der Waals surface area contributed by atoms with Gasteiger partial charge in [0.1, 0.15) is 18.0 Å². The van der Waals surface area contributed by atoms with Gasteiger partial charge in [-0.1, -0.05) is 26.7 Å². The zero-order valence-corrected chi connectivity index (χ0v) is 12.2. The van der Waals surface area contributed by atoms with Crippen LogP contribution in [0, 0.1) is 12.3 Å². The fourth-order valence-electron chi connectivity index (χ4n) is 3.06. The van der Waals surface area contributed by atoms with Gasteiger partial charge in [-0.15, -0.1) is 0 Å². The van der Waals surface area contributed by atoms with Crippen LogP contribution in [0.2, 0.25) is 0 Å².